The third-order valence-corrected chi connectivity index (χ3v) is 3.33. The molecule has 0 spiro atoms. The SMILES string of the molecule is O=C(O)CC[C@@]1(C(=O)O)NC(C(=O)O)Cc2[nH]cnc21. The molecule has 1 aliphatic heterocycles. The Morgan fingerprint density at radius 2 is 2.05 bits per heavy atom. The molecule has 2 atom stereocenters. The molecule has 0 saturated heterocycles. The van der Waals surface area contributed by atoms with Gasteiger partial charge < -0.3 is 20.3 Å². The summed E-state index contributed by atoms with van der Waals surface area (Å²) in [6.07, 6.45) is 0.624. The second kappa shape index (κ2) is 4.93. The van der Waals surface area contributed by atoms with E-state index in [0.717, 1.165) is 0 Å². The normalized spacial score (nSPS) is 24.9. The monoisotopic (exact) mass is 283 g/mol. The number of carbonyl (C=O) groups is 3. The molecule has 2 heterocycles. The maximum absolute atomic E-state index is 11.6. The van der Waals surface area contributed by atoms with Crippen molar-refractivity contribution in [3.05, 3.63) is 17.7 Å². The molecular weight excluding hydrogens is 270 g/mol. The van der Waals surface area contributed by atoms with Crippen molar-refractivity contribution in [3.63, 3.8) is 0 Å². The van der Waals surface area contributed by atoms with Gasteiger partial charge in [-0.2, -0.15) is 0 Å². The van der Waals surface area contributed by atoms with E-state index in [1.165, 1.54) is 6.33 Å². The van der Waals surface area contributed by atoms with Crippen molar-refractivity contribution in [2.24, 2.45) is 0 Å². The first-order valence-corrected chi connectivity index (χ1v) is 5.85. The highest BCUT2D eigenvalue weighted by atomic mass is 16.4. The molecular formula is C11H13N3O6. The van der Waals surface area contributed by atoms with Gasteiger partial charge in [-0.25, -0.2) is 9.78 Å². The molecule has 0 fully saturated rings. The first kappa shape index (κ1) is 14.0. The summed E-state index contributed by atoms with van der Waals surface area (Å²) in [7, 11) is 0. The second-order valence-corrected chi connectivity index (χ2v) is 4.57. The predicted octanol–water partition coefficient (Wildman–Crippen LogP) is -0.847. The number of carboxylic acid groups (broad SMARTS) is 3. The number of rotatable bonds is 5. The largest absolute Gasteiger partial charge is 0.481 e. The van der Waals surface area contributed by atoms with Gasteiger partial charge >= 0.3 is 17.9 Å². The number of H-pyrrole nitrogens is 1. The summed E-state index contributed by atoms with van der Waals surface area (Å²) in [6, 6.07) is -1.12. The summed E-state index contributed by atoms with van der Waals surface area (Å²) < 4.78 is 0. The highest BCUT2D eigenvalue weighted by molar-refractivity contribution is 5.84. The van der Waals surface area contributed by atoms with Crippen LogP contribution in [0.3, 0.4) is 0 Å². The third-order valence-electron chi connectivity index (χ3n) is 3.33. The van der Waals surface area contributed by atoms with Crippen LogP contribution in [0, 0.1) is 0 Å². The molecule has 0 aromatic carbocycles. The molecule has 0 radical (unpaired) electrons. The van der Waals surface area contributed by atoms with Crippen molar-refractivity contribution in [3.8, 4) is 0 Å². The Balaban J connectivity index is 2.45. The second-order valence-electron chi connectivity index (χ2n) is 4.57. The van der Waals surface area contributed by atoms with E-state index < -0.39 is 35.9 Å². The first-order valence-electron chi connectivity index (χ1n) is 5.85. The van der Waals surface area contributed by atoms with E-state index in [2.05, 4.69) is 15.3 Å². The Morgan fingerprint density at radius 3 is 2.60 bits per heavy atom. The van der Waals surface area contributed by atoms with E-state index >= 15 is 0 Å². The quantitative estimate of drug-likeness (QED) is 0.468. The van der Waals surface area contributed by atoms with Crippen LogP contribution in [-0.4, -0.2) is 49.2 Å². The van der Waals surface area contributed by atoms with Gasteiger partial charge in [0.2, 0.25) is 0 Å². The first-order chi connectivity index (χ1) is 9.36. The summed E-state index contributed by atoms with van der Waals surface area (Å²) in [5, 5.41) is 29.8. The zero-order chi connectivity index (χ0) is 14.9. The summed E-state index contributed by atoms with van der Waals surface area (Å²) in [6.45, 7) is 0. The molecule has 9 heteroatoms. The van der Waals surface area contributed by atoms with E-state index in [4.69, 9.17) is 10.2 Å². The van der Waals surface area contributed by atoms with Crippen molar-refractivity contribution in [1.29, 1.82) is 0 Å². The van der Waals surface area contributed by atoms with Crippen molar-refractivity contribution in [2.75, 3.05) is 0 Å². The van der Waals surface area contributed by atoms with E-state index in [1.54, 1.807) is 0 Å². The van der Waals surface area contributed by atoms with E-state index in [0.29, 0.717) is 5.69 Å². The molecule has 5 N–H and O–H groups in total. The number of nitrogens with one attached hydrogen (secondary N) is 2. The van der Waals surface area contributed by atoms with Crippen LogP contribution in [0.25, 0.3) is 0 Å². The van der Waals surface area contributed by atoms with Gasteiger partial charge in [-0.1, -0.05) is 0 Å². The number of aromatic nitrogens is 2. The number of nitrogens with zero attached hydrogens (tertiary/aromatic N) is 1. The Kier molecular flexibility index (Phi) is 3.45. The zero-order valence-corrected chi connectivity index (χ0v) is 10.3. The van der Waals surface area contributed by atoms with E-state index in [9.17, 15) is 19.5 Å². The summed E-state index contributed by atoms with van der Waals surface area (Å²) in [5.41, 5.74) is -1.28. The van der Waals surface area contributed by atoms with E-state index in [-0.39, 0.29) is 18.5 Å². The minimum atomic E-state index is -1.81. The lowest BCUT2D eigenvalue weighted by atomic mass is 9.82. The lowest BCUT2D eigenvalue weighted by molar-refractivity contribution is -0.149. The molecule has 20 heavy (non-hydrogen) atoms. The van der Waals surface area contributed by atoms with Crippen LogP contribution < -0.4 is 5.32 Å². The number of hydrogen-bond acceptors (Lipinski definition) is 5. The number of hydrogen-bond donors (Lipinski definition) is 5. The fourth-order valence-electron chi connectivity index (χ4n) is 2.37. The van der Waals surface area contributed by atoms with Crippen LogP contribution in [0.5, 0.6) is 0 Å². The maximum atomic E-state index is 11.6. The Labute approximate surface area is 112 Å². The maximum Gasteiger partial charge on any atom is 0.330 e. The highest BCUT2D eigenvalue weighted by Gasteiger charge is 2.50. The Hall–Kier alpha value is -2.42. The van der Waals surface area contributed by atoms with Crippen LogP contribution in [0.2, 0.25) is 0 Å². The molecule has 2 rings (SSSR count). The number of aromatic amines is 1. The van der Waals surface area contributed by atoms with Crippen LogP contribution in [0.1, 0.15) is 24.2 Å². The molecule has 0 bridgehead atoms. The fraction of sp³-hybridized carbons (Fsp3) is 0.455. The summed E-state index contributed by atoms with van der Waals surface area (Å²) in [5.74, 6) is -3.72. The predicted molar refractivity (Wildman–Crippen MR) is 63.0 cm³/mol. The van der Waals surface area contributed by atoms with Gasteiger partial charge in [-0.15, -0.1) is 0 Å². The molecule has 1 aliphatic rings. The van der Waals surface area contributed by atoms with Gasteiger partial charge in [0.1, 0.15) is 6.04 Å². The van der Waals surface area contributed by atoms with Gasteiger partial charge in [0, 0.05) is 18.5 Å². The average Bonchev–Trinajstić information content (AvgIpc) is 2.83. The minimum absolute atomic E-state index is 0.0623. The Bertz CT molecular complexity index is 568. The number of carboxylic acids is 3. The van der Waals surface area contributed by atoms with Gasteiger partial charge in [-0.3, -0.25) is 14.9 Å². The standard InChI is InChI=1S/C11H13N3O6/c15-7(16)1-2-11(10(19)20)8-5(12-4-13-8)3-6(14-11)9(17)18/h4,6,14H,1-3H2,(H,12,13)(H,15,16)(H,17,18)(H,19,20)/t6?,11-/m1/s1. The number of fused-ring (bicyclic) bond motifs is 1. The van der Waals surface area contributed by atoms with Crippen molar-refractivity contribution in [1.82, 2.24) is 15.3 Å². The lowest BCUT2D eigenvalue weighted by Gasteiger charge is -2.36. The molecule has 1 unspecified atom stereocenters. The zero-order valence-electron chi connectivity index (χ0n) is 10.3. The van der Waals surface area contributed by atoms with Crippen molar-refractivity contribution in [2.45, 2.75) is 30.8 Å². The van der Waals surface area contributed by atoms with Crippen LogP contribution in [0.15, 0.2) is 6.33 Å². The molecule has 0 aliphatic carbocycles. The molecule has 1 aromatic rings. The fourth-order valence-corrected chi connectivity index (χ4v) is 2.37. The van der Waals surface area contributed by atoms with Crippen molar-refractivity contribution < 1.29 is 29.7 Å². The Morgan fingerprint density at radius 1 is 1.35 bits per heavy atom. The smallest absolute Gasteiger partial charge is 0.330 e. The molecule has 0 amide bonds. The summed E-state index contributed by atoms with van der Waals surface area (Å²) in [4.78, 5) is 40.1. The van der Waals surface area contributed by atoms with Crippen molar-refractivity contribution >= 4 is 17.9 Å². The molecule has 9 nitrogen and oxygen atoms in total. The average molecular weight is 283 g/mol. The molecule has 0 saturated carbocycles. The van der Waals surface area contributed by atoms with Gasteiger partial charge in [0.05, 0.1) is 12.0 Å². The van der Waals surface area contributed by atoms with E-state index in [1.807, 2.05) is 0 Å². The topological polar surface area (TPSA) is 153 Å². The van der Waals surface area contributed by atoms with Crippen LogP contribution >= 0.6 is 0 Å². The third kappa shape index (κ3) is 2.23. The minimum Gasteiger partial charge on any atom is -0.481 e. The highest BCUT2D eigenvalue weighted by Crippen LogP contribution is 2.33. The molecule has 1 aromatic heterocycles. The van der Waals surface area contributed by atoms with Gasteiger partial charge in [-0.05, 0) is 6.42 Å². The van der Waals surface area contributed by atoms with Crippen LogP contribution in [0.4, 0.5) is 0 Å². The van der Waals surface area contributed by atoms with Gasteiger partial charge in [0.25, 0.3) is 0 Å². The number of aliphatic carboxylic acids is 3. The lowest BCUT2D eigenvalue weighted by Crippen LogP contribution is -2.60. The van der Waals surface area contributed by atoms with Gasteiger partial charge in [0.15, 0.2) is 5.54 Å². The summed E-state index contributed by atoms with van der Waals surface area (Å²) >= 11 is 0. The molecule has 108 valence electrons. The number of imidazole rings is 1. The van der Waals surface area contributed by atoms with Crippen LogP contribution in [-0.2, 0) is 26.3 Å².